The van der Waals surface area contributed by atoms with Crippen LogP contribution in [0, 0.1) is 11.3 Å². The van der Waals surface area contributed by atoms with Gasteiger partial charge in [-0.1, -0.05) is 90.7 Å². The second kappa shape index (κ2) is 42.3. The second-order valence-corrected chi connectivity index (χ2v) is 28.6. The molecule has 0 unspecified atom stereocenters. The van der Waals surface area contributed by atoms with Crippen molar-refractivity contribution in [3.05, 3.63) is 95.7 Å². The zero-order valence-electron chi connectivity index (χ0n) is 58.8. The maximum Gasteiger partial charge on any atom is 0.303 e. The molecule has 0 bridgehead atoms. The number of hydrogen-bond donors (Lipinski definition) is 20. The van der Waals surface area contributed by atoms with Crippen molar-refractivity contribution in [1.82, 2.24) is 68.4 Å². The van der Waals surface area contributed by atoms with Gasteiger partial charge in [0.05, 0.1) is 6.54 Å². The van der Waals surface area contributed by atoms with Crippen molar-refractivity contribution in [2.24, 2.45) is 28.9 Å². The Morgan fingerprint density at radius 3 is 1.85 bits per heavy atom. The zero-order valence-corrected chi connectivity index (χ0v) is 60.5. The van der Waals surface area contributed by atoms with Gasteiger partial charge in [0.15, 0.2) is 5.96 Å². The van der Waals surface area contributed by atoms with Crippen LogP contribution in [0.4, 0.5) is 0 Å². The second-order valence-electron chi connectivity index (χ2n) is 26.1. The van der Waals surface area contributed by atoms with Crippen LogP contribution in [0.25, 0.3) is 10.9 Å². The summed E-state index contributed by atoms with van der Waals surface area (Å²) in [7, 11) is 1.69. The molecule has 24 N–H and O–H groups in total. The lowest BCUT2D eigenvalue weighted by Crippen LogP contribution is -2.61. The van der Waals surface area contributed by atoms with Crippen molar-refractivity contribution in [2.75, 3.05) is 37.7 Å². The molecule has 37 heteroatoms. The molecule has 1 aliphatic heterocycles. The lowest BCUT2D eigenvalue weighted by molar-refractivity contribution is -0.139. The van der Waals surface area contributed by atoms with Gasteiger partial charge in [0, 0.05) is 99.2 Å². The van der Waals surface area contributed by atoms with Crippen LogP contribution in [0.3, 0.4) is 0 Å². The van der Waals surface area contributed by atoms with E-state index in [0.717, 1.165) is 34.4 Å². The average molecular weight is 1510 g/mol. The first-order valence-electron chi connectivity index (χ1n) is 34.7. The number of nitrogens with two attached hydrogens (primary N) is 4. The van der Waals surface area contributed by atoms with Gasteiger partial charge in [-0.2, -0.15) is 0 Å². The Kier molecular flexibility index (Phi) is 33.6. The number of benzene rings is 3. The highest BCUT2D eigenvalue weighted by Gasteiger charge is 2.38. The maximum absolute atomic E-state index is 15.1. The topological polar surface area (TPSA) is 579 Å². The number of guanidine groups is 1. The predicted octanol–water partition coefficient (Wildman–Crippen LogP) is -2.47. The fourth-order valence-corrected chi connectivity index (χ4v) is 14.1. The summed E-state index contributed by atoms with van der Waals surface area (Å²) >= 11 is 0. The summed E-state index contributed by atoms with van der Waals surface area (Å²) in [5, 5.41) is 67.1. The number of hydrogen-bond acceptors (Lipinski definition) is 20. The van der Waals surface area contributed by atoms with E-state index in [1.807, 2.05) is 0 Å². The first-order chi connectivity index (χ1) is 50.5. The molecule has 1 aromatic heterocycles. The number of para-hydroxylation sites is 1. The van der Waals surface area contributed by atoms with E-state index in [4.69, 9.17) is 28.3 Å². The number of nitrogens with one attached hydrogen (secondary N) is 13. The molecular weight excluding hydrogens is 1420 g/mol. The van der Waals surface area contributed by atoms with Crippen molar-refractivity contribution in [2.45, 2.75) is 171 Å². The molecule has 3 aromatic carbocycles. The van der Waals surface area contributed by atoms with Crippen molar-refractivity contribution >= 4 is 121 Å². The molecule has 9 atom stereocenters. The number of H-pyrrole nitrogens is 1. The van der Waals surface area contributed by atoms with Crippen LogP contribution in [0.2, 0.25) is 0 Å². The third-order valence-corrected chi connectivity index (χ3v) is 19.9. The smallest absolute Gasteiger partial charge is 0.303 e. The van der Waals surface area contributed by atoms with Crippen LogP contribution in [0.5, 0.6) is 11.5 Å². The fourth-order valence-electron chi connectivity index (χ4n) is 11.8. The maximum atomic E-state index is 15.1. The Morgan fingerprint density at radius 1 is 0.651 bits per heavy atom. The number of primary amides is 2. The van der Waals surface area contributed by atoms with E-state index in [9.17, 15) is 77.6 Å². The number of aromatic hydroxyl groups is 2. The summed E-state index contributed by atoms with van der Waals surface area (Å²) in [4.78, 5) is 201. The molecule has 576 valence electrons. The molecule has 2 fully saturated rings. The number of carboxylic acids is 1. The summed E-state index contributed by atoms with van der Waals surface area (Å²) in [6.45, 7) is 2.26. The first-order valence-corrected chi connectivity index (χ1v) is 37.2. The minimum atomic E-state index is -1.75. The van der Waals surface area contributed by atoms with E-state index >= 15 is 4.79 Å². The van der Waals surface area contributed by atoms with E-state index in [1.165, 1.54) is 53.4 Å². The van der Waals surface area contributed by atoms with Gasteiger partial charge < -0.3 is 107 Å². The molecule has 0 radical (unpaired) electrons. The Hall–Kier alpha value is -10.7. The number of aliphatic carboxylic acids is 1. The molecule has 2 aliphatic rings. The molecule has 4 aromatic rings. The molecule has 6 rings (SSSR count). The Bertz CT molecular complexity index is 3770. The summed E-state index contributed by atoms with van der Waals surface area (Å²) in [6, 6.07) is 3.66. The normalized spacial score (nSPS) is 21.4. The molecule has 1 saturated carbocycles. The largest absolute Gasteiger partial charge is 0.508 e. The van der Waals surface area contributed by atoms with Crippen molar-refractivity contribution in [1.29, 1.82) is 5.41 Å². The molecule has 106 heavy (non-hydrogen) atoms. The number of aromatic amines is 1. The van der Waals surface area contributed by atoms with E-state index in [0.29, 0.717) is 40.4 Å². The van der Waals surface area contributed by atoms with Crippen molar-refractivity contribution in [3.8, 4) is 11.5 Å². The molecule has 35 nitrogen and oxygen atoms in total. The number of phenols is 2. The Balaban J connectivity index is 1.41. The average Bonchev–Trinajstić information content (AvgIpc) is 1.66. The van der Waals surface area contributed by atoms with Gasteiger partial charge in [-0.25, -0.2) is 0 Å². The highest BCUT2D eigenvalue weighted by molar-refractivity contribution is 8.76. The van der Waals surface area contributed by atoms with Gasteiger partial charge in [0.1, 0.15) is 65.9 Å². The minimum absolute atomic E-state index is 0.00628. The van der Waals surface area contributed by atoms with Gasteiger partial charge in [0.25, 0.3) is 0 Å². The Labute approximate surface area is 618 Å². The third-order valence-electron chi connectivity index (χ3n) is 17.5. The van der Waals surface area contributed by atoms with E-state index in [-0.39, 0.29) is 75.1 Å². The number of aromatic nitrogens is 1. The highest BCUT2D eigenvalue weighted by atomic mass is 33.1. The standard InChI is InChI=1S/C69H96N18O17S2/c1-37(2)59-68(104)83-50(31-39-15-19-43(89)20-16-39)65(101)80-46(12-7-28-76-69(73)74)61(97)75-29-26-55(91)78-47(21-23-54(71)90)62(98)82-51(32-40-33-77-45-11-6-5-10-44(40)45)66(102)81-48(22-24-58(94)95)63(99)84-52(60(72)96)35-105-106-36-53(67(103)86-59)85-64(100)49(30-38-13-17-42(88)18-14-38)79-56(92)34-87(57(93)25-27-70)41-8-3-4-9-41/h5-6,10-11,13-20,33,37,41,46-53,59,77,88-89H,3-4,7-9,12,21-32,34-36,70H2,1-2H3,(H2,71,90)(H2,72,96)(H,75,97)(H,78,91)(H,79,92)(H,80,101)(H,81,102)(H,82,98)(H,83,104)(H,84,99)(H,85,100)(H,86,103)(H,94,95)(H4,73,74,76)/t46-,47-,48-,49-,50-,51-,52+,53-,59-/m0/s1. The van der Waals surface area contributed by atoms with Crippen LogP contribution in [-0.2, 0) is 86.4 Å². The van der Waals surface area contributed by atoms with Gasteiger partial charge in [-0.15, -0.1) is 0 Å². The monoisotopic (exact) mass is 1510 g/mol. The molecule has 0 spiro atoms. The number of carboxylic acid groups (broad SMARTS) is 1. The predicted molar refractivity (Wildman–Crippen MR) is 392 cm³/mol. The lowest BCUT2D eigenvalue weighted by atomic mass is 10.00. The minimum Gasteiger partial charge on any atom is -0.508 e. The van der Waals surface area contributed by atoms with Crippen molar-refractivity contribution in [3.63, 3.8) is 0 Å². The van der Waals surface area contributed by atoms with Crippen LogP contribution in [0.1, 0.15) is 108 Å². The van der Waals surface area contributed by atoms with Gasteiger partial charge in [0.2, 0.25) is 76.8 Å². The molecular formula is C69H96N18O17S2. The zero-order chi connectivity index (χ0) is 77.6. The summed E-state index contributed by atoms with van der Waals surface area (Å²) < 4.78 is 0. The van der Waals surface area contributed by atoms with E-state index in [2.05, 4.69) is 63.5 Å². The van der Waals surface area contributed by atoms with Gasteiger partial charge in [-0.05, 0) is 91.5 Å². The van der Waals surface area contributed by atoms with Crippen LogP contribution in [-0.4, -0.2) is 212 Å². The Morgan fingerprint density at radius 2 is 1.23 bits per heavy atom. The molecule has 2 heterocycles. The summed E-state index contributed by atoms with van der Waals surface area (Å²) in [5.74, 6) is -15.6. The molecule has 1 aliphatic carbocycles. The number of fused-ring (bicyclic) bond motifs is 1. The highest BCUT2D eigenvalue weighted by Crippen LogP contribution is 2.26. The fraction of sp³-hybridized carbons (Fsp3) is 0.493. The number of rotatable bonds is 26. The van der Waals surface area contributed by atoms with E-state index < -0.39 is 200 Å². The SMILES string of the molecule is CC(C)[C@@H]1NC(=O)[C@@H](NC(=O)[C@H](Cc2ccc(O)cc2)NC(=O)CN(C(=O)CCN)C2CCCC2)CSSC[C@H](C(N)=O)NC(=O)[C@H](CCC(=O)O)NC(=O)[C@H](Cc2c[nH]c3ccccc23)NC(=O)[C@H](CCC(N)=O)NC(=O)CCNC(=O)[C@H](CCCNC(=N)N)NC(=O)[C@H](Cc2ccc(O)cc2)NC1=O. The summed E-state index contributed by atoms with van der Waals surface area (Å²) in [6.07, 6.45) is 0.770. The lowest BCUT2D eigenvalue weighted by Gasteiger charge is -2.30. The number of carbonyl (C=O) groups excluding carboxylic acids is 13. The van der Waals surface area contributed by atoms with Crippen LogP contribution in [0.15, 0.2) is 79.0 Å². The van der Waals surface area contributed by atoms with Crippen LogP contribution >= 0.6 is 21.6 Å². The van der Waals surface area contributed by atoms with E-state index in [1.54, 1.807) is 44.3 Å². The quantitative estimate of drug-likeness (QED) is 0.0134. The number of nitrogens with zero attached hydrogens (tertiary/aromatic N) is 1. The molecule has 13 amide bonds. The van der Waals surface area contributed by atoms with Gasteiger partial charge >= 0.3 is 5.97 Å². The third kappa shape index (κ3) is 27.7. The number of phenolic OH excluding ortho intramolecular Hbond substituents is 2. The van der Waals surface area contributed by atoms with Crippen LogP contribution < -0.4 is 81.4 Å². The number of carbonyl (C=O) groups is 14. The first kappa shape index (κ1) is 84.2. The molecule has 1 saturated heterocycles. The van der Waals surface area contributed by atoms with Crippen molar-refractivity contribution < 1.29 is 82.4 Å². The summed E-state index contributed by atoms with van der Waals surface area (Å²) in [5.41, 5.74) is 24.6. The number of amides is 13. The van der Waals surface area contributed by atoms with Gasteiger partial charge in [-0.3, -0.25) is 72.5 Å².